The van der Waals surface area contributed by atoms with Crippen LogP contribution in [0.4, 0.5) is 0 Å². The molecule has 2 heterocycles. The zero-order valence-electron chi connectivity index (χ0n) is 11.4. The van der Waals surface area contributed by atoms with Gasteiger partial charge in [-0.15, -0.1) is 0 Å². The van der Waals surface area contributed by atoms with Gasteiger partial charge >= 0.3 is 0 Å². The van der Waals surface area contributed by atoms with Crippen LogP contribution in [0.3, 0.4) is 0 Å². The van der Waals surface area contributed by atoms with Crippen LogP contribution in [0.1, 0.15) is 11.7 Å². The minimum Gasteiger partial charge on any atom is -0.315 e. The normalized spacial score (nSPS) is 15.7. The Labute approximate surface area is 128 Å². The van der Waals surface area contributed by atoms with E-state index in [2.05, 4.69) is 15.3 Å². The number of hydrogen-bond acceptors (Lipinski definition) is 5. The van der Waals surface area contributed by atoms with Gasteiger partial charge in [-0.05, 0) is 12.1 Å². The van der Waals surface area contributed by atoms with Gasteiger partial charge in [0, 0.05) is 53.8 Å². The average Bonchev–Trinajstić information content (AvgIpc) is 2.37. The number of nitrogens with zero attached hydrogens (tertiary/aromatic N) is 2. The van der Waals surface area contributed by atoms with E-state index in [1.54, 1.807) is 24.5 Å². The molecule has 1 aliphatic rings. The van der Waals surface area contributed by atoms with E-state index in [9.17, 15) is 8.42 Å². The predicted molar refractivity (Wildman–Crippen MR) is 81.2 cm³/mol. The molecule has 1 saturated heterocycles. The summed E-state index contributed by atoms with van der Waals surface area (Å²) in [6.07, 6.45) is 4.60. The van der Waals surface area contributed by atoms with Crippen LogP contribution in [0.5, 0.6) is 0 Å². The van der Waals surface area contributed by atoms with Crippen molar-refractivity contribution >= 4 is 21.4 Å². The van der Waals surface area contributed by atoms with E-state index in [4.69, 9.17) is 11.6 Å². The van der Waals surface area contributed by atoms with Crippen LogP contribution >= 0.6 is 11.6 Å². The minimum atomic E-state index is -3.26. The Morgan fingerprint density at radius 3 is 2.38 bits per heavy atom. The summed E-state index contributed by atoms with van der Waals surface area (Å²) < 4.78 is 23.0. The molecule has 7 heteroatoms. The minimum absolute atomic E-state index is 0.203. The van der Waals surface area contributed by atoms with E-state index >= 15 is 0 Å². The number of hydrogen-bond donors (Lipinski definition) is 1. The van der Waals surface area contributed by atoms with Crippen molar-refractivity contribution in [1.29, 1.82) is 0 Å². The molecule has 3 rings (SSSR count). The third-order valence-electron chi connectivity index (χ3n) is 3.50. The fourth-order valence-corrected chi connectivity index (χ4v) is 3.12. The van der Waals surface area contributed by atoms with Gasteiger partial charge in [-0.3, -0.25) is 0 Å². The first-order chi connectivity index (χ1) is 9.95. The van der Waals surface area contributed by atoms with Crippen molar-refractivity contribution in [3.8, 4) is 11.1 Å². The Balaban J connectivity index is 1.93. The molecular formula is C14H14ClN3O2S. The first kappa shape index (κ1) is 14.4. The van der Waals surface area contributed by atoms with E-state index < -0.39 is 9.84 Å². The van der Waals surface area contributed by atoms with Crippen LogP contribution in [0.25, 0.3) is 11.1 Å². The second kappa shape index (κ2) is 5.36. The number of halogens is 1. The van der Waals surface area contributed by atoms with E-state index in [-0.39, 0.29) is 4.90 Å². The molecular weight excluding hydrogens is 310 g/mol. The number of benzene rings is 1. The van der Waals surface area contributed by atoms with Crippen molar-refractivity contribution in [3.63, 3.8) is 0 Å². The first-order valence-electron chi connectivity index (χ1n) is 6.48. The number of aromatic nitrogens is 2. The molecule has 21 heavy (non-hydrogen) atoms. The molecule has 0 spiro atoms. The molecule has 0 radical (unpaired) electrons. The van der Waals surface area contributed by atoms with Gasteiger partial charge in [0.2, 0.25) is 0 Å². The largest absolute Gasteiger partial charge is 0.315 e. The van der Waals surface area contributed by atoms with Crippen LogP contribution in [0.2, 0.25) is 5.02 Å². The lowest BCUT2D eigenvalue weighted by Gasteiger charge is -2.25. The first-order valence-corrected chi connectivity index (χ1v) is 8.75. The van der Waals surface area contributed by atoms with Crippen LogP contribution in [0.15, 0.2) is 35.5 Å². The van der Waals surface area contributed by atoms with Crippen molar-refractivity contribution in [2.75, 3.05) is 19.3 Å². The third kappa shape index (κ3) is 2.92. The number of nitrogens with one attached hydrogen (secondary N) is 1. The molecule has 0 bridgehead atoms. The van der Waals surface area contributed by atoms with Crippen molar-refractivity contribution < 1.29 is 8.42 Å². The molecule has 110 valence electrons. The lowest BCUT2D eigenvalue weighted by Crippen LogP contribution is -2.40. The Hall–Kier alpha value is -1.50. The monoisotopic (exact) mass is 323 g/mol. The van der Waals surface area contributed by atoms with Gasteiger partial charge in [-0.1, -0.05) is 17.7 Å². The highest BCUT2D eigenvalue weighted by molar-refractivity contribution is 7.90. The summed E-state index contributed by atoms with van der Waals surface area (Å²) in [4.78, 5) is 8.93. The average molecular weight is 324 g/mol. The van der Waals surface area contributed by atoms with E-state index in [0.29, 0.717) is 10.9 Å². The SMILES string of the molecule is CS(=O)(=O)c1ccc(-c2cnc(C3CNC3)nc2)c(Cl)c1. The summed E-state index contributed by atoms with van der Waals surface area (Å²) in [5.41, 5.74) is 1.50. The van der Waals surface area contributed by atoms with E-state index in [1.807, 2.05) is 0 Å². The third-order valence-corrected chi connectivity index (χ3v) is 4.92. The molecule has 5 nitrogen and oxygen atoms in total. The highest BCUT2D eigenvalue weighted by Gasteiger charge is 2.21. The van der Waals surface area contributed by atoms with Gasteiger partial charge in [0.1, 0.15) is 5.82 Å². The van der Waals surface area contributed by atoms with E-state index in [1.165, 1.54) is 6.07 Å². The molecule has 1 N–H and O–H groups in total. The van der Waals surface area contributed by atoms with Crippen LogP contribution in [0, 0.1) is 0 Å². The van der Waals surface area contributed by atoms with Crippen molar-refractivity contribution in [1.82, 2.24) is 15.3 Å². The lowest BCUT2D eigenvalue weighted by molar-refractivity contribution is 0.430. The number of rotatable bonds is 3. The zero-order valence-corrected chi connectivity index (χ0v) is 12.9. The quantitative estimate of drug-likeness (QED) is 0.934. The molecule has 1 fully saturated rings. The molecule has 1 aromatic heterocycles. The summed E-state index contributed by atoms with van der Waals surface area (Å²) in [6.45, 7) is 1.81. The molecule has 1 aliphatic heterocycles. The van der Waals surface area contributed by atoms with Gasteiger partial charge in [-0.2, -0.15) is 0 Å². The molecule has 0 saturated carbocycles. The van der Waals surface area contributed by atoms with Gasteiger partial charge in [-0.25, -0.2) is 18.4 Å². The fraction of sp³-hybridized carbons (Fsp3) is 0.286. The summed E-state index contributed by atoms with van der Waals surface area (Å²) in [6, 6.07) is 4.68. The number of sulfone groups is 1. The predicted octanol–water partition coefficient (Wildman–Crippen LogP) is 1.89. The molecule has 0 atom stereocenters. The molecule has 0 amide bonds. The molecule has 0 aliphatic carbocycles. The summed E-state index contributed by atoms with van der Waals surface area (Å²) >= 11 is 6.18. The second-order valence-corrected chi connectivity index (χ2v) is 7.52. The lowest BCUT2D eigenvalue weighted by atomic mass is 10.0. The molecule has 0 unspecified atom stereocenters. The maximum atomic E-state index is 11.5. The van der Waals surface area contributed by atoms with Crippen LogP contribution in [-0.2, 0) is 9.84 Å². The second-order valence-electron chi connectivity index (χ2n) is 5.10. The van der Waals surface area contributed by atoms with E-state index in [0.717, 1.165) is 36.3 Å². The maximum absolute atomic E-state index is 11.5. The Bertz CT molecular complexity index is 771. The maximum Gasteiger partial charge on any atom is 0.175 e. The van der Waals surface area contributed by atoms with Crippen molar-refractivity contribution in [3.05, 3.63) is 41.4 Å². The van der Waals surface area contributed by atoms with Gasteiger partial charge in [0.05, 0.1) is 4.90 Å². The van der Waals surface area contributed by atoms with Crippen molar-refractivity contribution in [2.24, 2.45) is 0 Å². The van der Waals surface area contributed by atoms with Crippen LogP contribution in [-0.4, -0.2) is 37.7 Å². The fourth-order valence-electron chi connectivity index (χ4n) is 2.12. The summed E-state index contributed by atoms with van der Waals surface area (Å²) in [7, 11) is -3.26. The van der Waals surface area contributed by atoms with Gasteiger partial charge in [0.15, 0.2) is 9.84 Å². The highest BCUT2D eigenvalue weighted by Crippen LogP contribution is 2.29. The topological polar surface area (TPSA) is 72.0 Å². The Morgan fingerprint density at radius 1 is 1.24 bits per heavy atom. The Morgan fingerprint density at radius 2 is 1.90 bits per heavy atom. The van der Waals surface area contributed by atoms with Gasteiger partial charge in [0.25, 0.3) is 0 Å². The Kier molecular flexibility index (Phi) is 3.69. The molecule has 1 aromatic carbocycles. The summed E-state index contributed by atoms with van der Waals surface area (Å²) in [5, 5.41) is 3.55. The summed E-state index contributed by atoms with van der Waals surface area (Å²) in [5.74, 6) is 1.20. The van der Waals surface area contributed by atoms with Crippen LogP contribution < -0.4 is 5.32 Å². The molecule has 2 aromatic rings. The smallest absolute Gasteiger partial charge is 0.175 e. The standard InChI is InChI=1S/C14H14ClN3O2S/c1-21(19,20)11-2-3-12(13(15)4-11)9-7-17-14(18-8-9)10-5-16-6-10/h2-4,7-8,10,16H,5-6H2,1H3. The highest BCUT2D eigenvalue weighted by atomic mass is 35.5. The van der Waals surface area contributed by atoms with Gasteiger partial charge < -0.3 is 5.32 Å². The zero-order chi connectivity index (χ0) is 15.0. The van der Waals surface area contributed by atoms with Crippen molar-refractivity contribution in [2.45, 2.75) is 10.8 Å².